The van der Waals surface area contributed by atoms with Crippen molar-refractivity contribution in [1.29, 1.82) is 0 Å². The Morgan fingerprint density at radius 2 is 2.31 bits per heavy atom. The van der Waals surface area contributed by atoms with E-state index in [0.29, 0.717) is 4.85 Å². The summed E-state index contributed by atoms with van der Waals surface area (Å²) in [6, 6.07) is 4.29. The lowest BCUT2D eigenvalue weighted by atomic mass is 10.3. The molecule has 0 spiro atoms. The van der Waals surface area contributed by atoms with Gasteiger partial charge in [0.1, 0.15) is 5.52 Å². The minimum Gasteiger partial charge on any atom is -0.410 e. The zero-order chi connectivity index (χ0) is 9.42. The standard InChI is InChI=1S/C6H4N4O3/c11-9-6-4(7-8-9)2-1-3-5(6)10(12)13/h1-3,11H. The molecule has 7 heteroatoms. The second-order valence-electron chi connectivity index (χ2n) is 2.38. The third-order valence-electron chi connectivity index (χ3n) is 1.63. The van der Waals surface area contributed by atoms with Gasteiger partial charge in [0.15, 0.2) is 0 Å². The van der Waals surface area contributed by atoms with Gasteiger partial charge in [0.2, 0.25) is 5.52 Å². The van der Waals surface area contributed by atoms with Crippen LogP contribution in [0.1, 0.15) is 0 Å². The van der Waals surface area contributed by atoms with Crippen molar-refractivity contribution in [3.8, 4) is 0 Å². The van der Waals surface area contributed by atoms with Gasteiger partial charge in [-0.1, -0.05) is 10.9 Å². The molecule has 0 aliphatic rings. The van der Waals surface area contributed by atoms with Crippen LogP contribution >= 0.6 is 0 Å². The van der Waals surface area contributed by atoms with Crippen LogP contribution in [0, 0.1) is 10.1 Å². The van der Waals surface area contributed by atoms with Crippen molar-refractivity contribution in [3.63, 3.8) is 0 Å². The highest BCUT2D eigenvalue weighted by Crippen LogP contribution is 2.22. The van der Waals surface area contributed by atoms with E-state index in [1.807, 2.05) is 0 Å². The third kappa shape index (κ3) is 0.975. The lowest BCUT2D eigenvalue weighted by Crippen LogP contribution is -1.96. The van der Waals surface area contributed by atoms with E-state index in [4.69, 9.17) is 5.21 Å². The highest BCUT2D eigenvalue weighted by molar-refractivity contribution is 5.83. The van der Waals surface area contributed by atoms with Gasteiger partial charge in [0.05, 0.1) is 4.92 Å². The zero-order valence-corrected chi connectivity index (χ0v) is 6.28. The van der Waals surface area contributed by atoms with Crippen LogP contribution in [0.2, 0.25) is 0 Å². The quantitative estimate of drug-likeness (QED) is 0.393. The van der Waals surface area contributed by atoms with Gasteiger partial charge >= 0.3 is 5.69 Å². The molecule has 0 radical (unpaired) electrons. The number of para-hydroxylation sites is 1. The molecule has 0 saturated carbocycles. The van der Waals surface area contributed by atoms with Crippen molar-refractivity contribution in [2.24, 2.45) is 0 Å². The van der Waals surface area contributed by atoms with E-state index in [1.165, 1.54) is 18.2 Å². The van der Waals surface area contributed by atoms with Crippen molar-refractivity contribution in [1.82, 2.24) is 15.2 Å². The zero-order valence-electron chi connectivity index (χ0n) is 6.28. The molecule has 0 bridgehead atoms. The maximum absolute atomic E-state index is 10.5. The van der Waals surface area contributed by atoms with Gasteiger partial charge in [-0.25, -0.2) is 0 Å². The Balaban J connectivity index is 2.88. The number of hydrogen-bond donors (Lipinski definition) is 1. The normalized spacial score (nSPS) is 10.5. The fourth-order valence-electron chi connectivity index (χ4n) is 1.09. The number of benzene rings is 1. The minimum absolute atomic E-state index is 0.00694. The van der Waals surface area contributed by atoms with Crippen LogP contribution in [0.4, 0.5) is 5.69 Å². The molecule has 0 fully saturated rings. The summed E-state index contributed by atoms with van der Waals surface area (Å²) in [5, 5.41) is 26.3. The average molecular weight is 180 g/mol. The molecule has 1 heterocycles. The molecule has 7 nitrogen and oxygen atoms in total. The van der Waals surface area contributed by atoms with Crippen LogP contribution < -0.4 is 0 Å². The number of nitro groups is 1. The van der Waals surface area contributed by atoms with E-state index in [0.717, 1.165) is 0 Å². The summed E-state index contributed by atoms with van der Waals surface area (Å²) in [5.41, 5.74) is 0.0780. The molecule has 0 unspecified atom stereocenters. The van der Waals surface area contributed by atoms with Crippen molar-refractivity contribution in [3.05, 3.63) is 28.3 Å². The molecule has 0 aliphatic heterocycles. The number of fused-ring (bicyclic) bond motifs is 1. The molecule has 1 aromatic carbocycles. The summed E-state index contributed by atoms with van der Waals surface area (Å²) in [6.07, 6.45) is 0. The number of hydrogen-bond acceptors (Lipinski definition) is 5. The molecular weight excluding hydrogens is 176 g/mol. The number of rotatable bonds is 1. The molecule has 66 valence electrons. The second-order valence-corrected chi connectivity index (χ2v) is 2.38. The van der Waals surface area contributed by atoms with Gasteiger partial charge in [-0.15, -0.1) is 5.10 Å². The molecule has 0 atom stereocenters. The van der Waals surface area contributed by atoms with E-state index >= 15 is 0 Å². The first-order valence-electron chi connectivity index (χ1n) is 3.38. The lowest BCUT2D eigenvalue weighted by Gasteiger charge is -1.92. The Morgan fingerprint density at radius 1 is 1.54 bits per heavy atom. The predicted molar refractivity (Wildman–Crippen MR) is 41.4 cm³/mol. The first-order valence-corrected chi connectivity index (χ1v) is 3.38. The number of nitrogens with zero attached hydrogens (tertiary/aromatic N) is 4. The largest absolute Gasteiger partial charge is 0.410 e. The first-order chi connectivity index (χ1) is 6.20. The molecule has 13 heavy (non-hydrogen) atoms. The SMILES string of the molecule is O=[N+]([O-])c1cccc2nnn(O)c12. The van der Waals surface area contributed by atoms with Crippen LogP contribution in [0.25, 0.3) is 11.0 Å². The summed E-state index contributed by atoms with van der Waals surface area (Å²) >= 11 is 0. The van der Waals surface area contributed by atoms with E-state index in [9.17, 15) is 10.1 Å². The highest BCUT2D eigenvalue weighted by atomic mass is 16.6. The highest BCUT2D eigenvalue weighted by Gasteiger charge is 2.17. The van der Waals surface area contributed by atoms with Crippen LogP contribution in [-0.2, 0) is 0 Å². The maximum Gasteiger partial charge on any atom is 0.300 e. The smallest absolute Gasteiger partial charge is 0.300 e. The first kappa shape index (κ1) is 7.47. The fourth-order valence-corrected chi connectivity index (χ4v) is 1.09. The van der Waals surface area contributed by atoms with E-state index < -0.39 is 4.92 Å². The fraction of sp³-hybridized carbons (Fsp3) is 0. The number of non-ortho nitro benzene ring substituents is 1. The van der Waals surface area contributed by atoms with E-state index in [2.05, 4.69) is 10.3 Å². The molecule has 0 amide bonds. The van der Waals surface area contributed by atoms with E-state index in [1.54, 1.807) is 0 Å². The Hall–Kier alpha value is -2.18. The van der Waals surface area contributed by atoms with Crippen molar-refractivity contribution in [2.75, 3.05) is 0 Å². The number of aromatic nitrogens is 3. The van der Waals surface area contributed by atoms with Gasteiger partial charge in [0.25, 0.3) is 0 Å². The van der Waals surface area contributed by atoms with Crippen LogP contribution in [0.15, 0.2) is 18.2 Å². The van der Waals surface area contributed by atoms with Crippen molar-refractivity contribution < 1.29 is 10.1 Å². The van der Waals surface area contributed by atoms with Gasteiger partial charge in [-0.05, 0) is 11.3 Å². The summed E-state index contributed by atoms with van der Waals surface area (Å²) in [5.74, 6) is 0. The van der Waals surface area contributed by atoms with Gasteiger partial charge in [-0.3, -0.25) is 10.1 Å². The average Bonchev–Trinajstić information content (AvgIpc) is 2.48. The second kappa shape index (κ2) is 2.41. The molecular formula is C6H4N4O3. The lowest BCUT2D eigenvalue weighted by molar-refractivity contribution is -0.383. The van der Waals surface area contributed by atoms with Crippen LogP contribution in [0.5, 0.6) is 0 Å². The monoisotopic (exact) mass is 180 g/mol. The van der Waals surface area contributed by atoms with Crippen molar-refractivity contribution in [2.45, 2.75) is 0 Å². The van der Waals surface area contributed by atoms with Crippen LogP contribution in [0.3, 0.4) is 0 Å². The molecule has 0 saturated heterocycles. The summed E-state index contributed by atoms with van der Waals surface area (Å²) < 4.78 is 0. The van der Waals surface area contributed by atoms with Crippen molar-refractivity contribution >= 4 is 16.7 Å². The maximum atomic E-state index is 10.5. The van der Waals surface area contributed by atoms with Crippen LogP contribution in [-0.4, -0.2) is 25.3 Å². The Morgan fingerprint density at radius 3 is 3.00 bits per heavy atom. The molecule has 2 aromatic rings. The summed E-state index contributed by atoms with van der Waals surface area (Å²) in [7, 11) is 0. The van der Waals surface area contributed by atoms with Gasteiger partial charge in [0, 0.05) is 6.07 Å². The Labute approximate surface area is 71.3 Å². The van der Waals surface area contributed by atoms with Gasteiger partial charge < -0.3 is 5.21 Å². The topological polar surface area (TPSA) is 94.1 Å². The molecule has 1 aromatic heterocycles. The summed E-state index contributed by atoms with van der Waals surface area (Å²) in [4.78, 5) is 10.3. The molecule has 1 N–H and O–H groups in total. The molecule has 2 rings (SSSR count). The minimum atomic E-state index is -0.599. The Bertz CT molecular complexity index is 478. The Kier molecular flexibility index (Phi) is 1.38. The predicted octanol–water partition coefficient (Wildman–Crippen LogP) is 0.577. The van der Waals surface area contributed by atoms with E-state index in [-0.39, 0.29) is 16.7 Å². The molecule has 0 aliphatic carbocycles. The number of nitro benzene ring substituents is 1. The third-order valence-corrected chi connectivity index (χ3v) is 1.63. The van der Waals surface area contributed by atoms with Gasteiger partial charge in [-0.2, -0.15) is 0 Å². The summed E-state index contributed by atoms with van der Waals surface area (Å²) in [6.45, 7) is 0.